The van der Waals surface area contributed by atoms with Gasteiger partial charge in [-0.25, -0.2) is 4.39 Å². The highest BCUT2D eigenvalue weighted by Crippen LogP contribution is 2.27. The Labute approximate surface area is 166 Å². The molecule has 0 heterocycles. The lowest BCUT2D eigenvalue weighted by molar-refractivity contribution is 0.336. The first-order valence-corrected chi connectivity index (χ1v) is 9.66. The van der Waals surface area contributed by atoms with Gasteiger partial charge in [0.2, 0.25) is 0 Å². The van der Waals surface area contributed by atoms with Gasteiger partial charge >= 0.3 is 0 Å². The van der Waals surface area contributed by atoms with Gasteiger partial charge in [0.05, 0.1) is 6.17 Å². The van der Waals surface area contributed by atoms with E-state index in [1.807, 2.05) is 24.3 Å². The molecule has 2 heteroatoms. The summed E-state index contributed by atoms with van der Waals surface area (Å²) in [5.74, 6) is 7.13. The van der Waals surface area contributed by atoms with Crippen molar-refractivity contribution in [3.8, 4) is 28.7 Å². The van der Waals surface area contributed by atoms with Gasteiger partial charge in [-0.2, -0.15) is 0 Å². The second-order valence-corrected chi connectivity index (χ2v) is 6.88. The van der Waals surface area contributed by atoms with Gasteiger partial charge < -0.3 is 4.74 Å². The summed E-state index contributed by atoms with van der Waals surface area (Å²) in [5, 5.41) is 2.32. The molecule has 0 bridgehead atoms. The Hall–Kier alpha value is -3.05. The van der Waals surface area contributed by atoms with Gasteiger partial charge in [0.15, 0.2) is 0 Å². The number of ether oxygens (including phenoxy) is 1. The number of unbranched alkanes of at least 4 members (excludes halogenated alkanes) is 1. The molecule has 3 aromatic carbocycles. The Morgan fingerprint density at radius 2 is 1.71 bits per heavy atom. The average Bonchev–Trinajstić information content (AvgIpc) is 2.71. The number of alkyl halides is 1. The standard InChI is InChI=1S/C26H25FO/c1-3-17-28-26-16-15-24-18-23(13-14-25(24)19-26)22-11-9-21(10-12-22)8-6-4-5-7-20(2)27/h3,9-16,18-20H,1,4-5,7,17H2,2H3. The third-order valence-corrected chi connectivity index (χ3v) is 4.53. The highest BCUT2D eigenvalue weighted by atomic mass is 19.1. The van der Waals surface area contributed by atoms with Crippen molar-refractivity contribution in [2.24, 2.45) is 0 Å². The van der Waals surface area contributed by atoms with Crippen LogP contribution in [0.2, 0.25) is 0 Å². The van der Waals surface area contributed by atoms with Crippen LogP contribution in [0.15, 0.2) is 73.3 Å². The van der Waals surface area contributed by atoms with Gasteiger partial charge in [-0.3, -0.25) is 0 Å². The lowest BCUT2D eigenvalue weighted by Crippen LogP contribution is -1.92. The van der Waals surface area contributed by atoms with Crippen molar-refractivity contribution in [3.63, 3.8) is 0 Å². The van der Waals surface area contributed by atoms with E-state index in [1.54, 1.807) is 13.0 Å². The van der Waals surface area contributed by atoms with Crippen molar-refractivity contribution in [2.45, 2.75) is 32.4 Å². The van der Waals surface area contributed by atoms with Crippen LogP contribution in [-0.2, 0) is 0 Å². The molecule has 0 aromatic heterocycles. The normalized spacial score (nSPS) is 11.5. The topological polar surface area (TPSA) is 9.23 Å². The van der Waals surface area contributed by atoms with Crippen LogP contribution in [0.1, 0.15) is 31.7 Å². The molecule has 142 valence electrons. The second kappa shape index (κ2) is 9.76. The summed E-state index contributed by atoms with van der Waals surface area (Å²) in [6.45, 7) is 5.77. The Balaban J connectivity index is 1.70. The average molecular weight is 372 g/mol. The van der Waals surface area contributed by atoms with E-state index in [-0.39, 0.29) is 0 Å². The lowest BCUT2D eigenvalue weighted by atomic mass is 10.00. The van der Waals surface area contributed by atoms with Crippen molar-refractivity contribution < 1.29 is 9.13 Å². The minimum Gasteiger partial charge on any atom is -0.490 e. The molecular weight excluding hydrogens is 347 g/mol. The van der Waals surface area contributed by atoms with Gasteiger partial charge in [0.25, 0.3) is 0 Å². The molecule has 1 nitrogen and oxygen atoms in total. The van der Waals surface area contributed by atoms with Crippen LogP contribution in [0.4, 0.5) is 4.39 Å². The first-order valence-electron chi connectivity index (χ1n) is 9.66. The van der Waals surface area contributed by atoms with E-state index in [4.69, 9.17) is 4.74 Å². The number of hydrogen-bond donors (Lipinski definition) is 0. The number of hydrogen-bond acceptors (Lipinski definition) is 1. The third kappa shape index (κ3) is 5.47. The number of halogens is 1. The minimum atomic E-state index is -0.741. The summed E-state index contributed by atoms with van der Waals surface area (Å²) in [7, 11) is 0. The van der Waals surface area contributed by atoms with E-state index in [9.17, 15) is 4.39 Å². The molecule has 0 radical (unpaired) electrons. The summed E-state index contributed by atoms with van der Waals surface area (Å²) >= 11 is 0. The molecule has 0 aliphatic heterocycles. The number of benzene rings is 3. The van der Waals surface area contributed by atoms with E-state index in [0.29, 0.717) is 13.0 Å². The van der Waals surface area contributed by atoms with Crippen LogP contribution in [0.3, 0.4) is 0 Å². The fourth-order valence-electron chi connectivity index (χ4n) is 3.03. The Morgan fingerprint density at radius 1 is 1.00 bits per heavy atom. The van der Waals surface area contributed by atoms with Crippen LogP contribution < -0.4 is 4.74 Å². The molecule has 1 atom stereocenters. The van der Waals surface area contributed by atoms with E-state index >= 15 is 0 Å². The highest BCUT2D eigenvalue weighted by Gasteiger charge is 2.02. The molecule has 1 unspecified atom stereocenters. The fraction of sp³-hybridized carbons (Fsp3) is 0.231. The summed E-state index contributed by atoms with van der Waals surface area (Å²) in [5.41, 5.74) is 3.32. The molecule has 0 N–H and O–H groups in total. The molecule has 0 saturated carbocycles. The third-order valence-electron chi connectivity index (χ3n) is 4.53. The summed E-state index contributed by atoms with van der Waals surface area (Å²) in [6.07, 6.45) is 3.12. The molecule has 0 spiro atoms. The molecule has 0 amide bonds. The maximum Gasteiger partial charge on any atom is 0.120 e. The smallest absolute Gasteiger partial charge is 0.120 e. The van der Waals surface area contributed by atoms with Crippen LogP contribution in [-0.4, -0.2) is 12.8 Å². The van der Waals surface area contributed by atoms with E-state index in [0.717, 1.165) is 35.1 Å². The summed E-state index contributed by atoms with van der Waals surface area (Å²) in [4.78, 5) is 0. The first-order chi connectivity index (χ1) is 13.7. The second-order valence-electron chi connectivity index (χ2n) is 6.88. The van der Waals surface area contributed by atoms with Crippen molar-refractivity contribution >= 4 is 10.8 Å². The lowest BCUT2D eigenvalue weighted by Gasteiger charge is -2.07. The summed E-state index contributed by atoms with van der Waals surface area (Å²) < 4.78 is 18.4. The zero-order valence-electron chi connectivity index (χ0n) is 16.2. The Kier molecular flexibility index (Phi) is 6.87. The Morgan fingerprint density at radius 3 is 2.46 bits per heavy atom. The fourth-order valence-corrected chi connectivity index (χ4v) is 3.03. The maximum absolute atomic E-state index is 12.8. The van der Waals surface area contributed by atoms with Gasteiger partial charge in [0.1, 0.15) is 12.4 Å². The molecule has 0 saturated heterocycles. The molecule has 0 aliphatic carbocycles. The van der Waals surface area contributed by atoms with Crippen molar-refractivity contribution in [1.82, 2.24) is 0 Å². The van der Waals surface area contributed by atoms with Crippen molar-refractivity contribution in [2.75, 3.05) is 6.61 Å². The Bertz CT molecular complexity index is 990. The van der Waals surface area contributed by atoms with Gasteiger partial charge in [-0.1, -0.05) is 54.8 Å². The molecule has 28 heavy (non-hydrogen) atoms. The van der Waals surface area contributed by atoms with Crippen LogP contribution >= 0.6 is 0 Å². The SMILES string of the molecule is C=CCOc1ccc2cc(-c3ccc(C#CCCCC(C)F)cc3)ccc2c1. The van der Waals surface area contributed by atoms with Crippen LogP contribution in [0.25, 0.3) is 21.9 Å². The zero-order valence-corrected chi connectivity index (χ0v) is 16.2. The highest BCUT2D eigenvalue weighted by molar-refractivity contribution is 5.88. The van der Waals surface area contributed by atoms with Crippen molar-refractivity contribution in [1.29, 1.82) is 0 Å². The molecule has 3 rings (SSSR count). The van der Waals surface area contributed by atoms with Gasteiger partial charge in [-0.05, 0) is 72.0 Å². The maximum atomic E-state index is 12.8. The van der Waals surface area contributed by atoms with Crippen LogP contribution in [0.5, 0.6) is 5.75 Å². The van der Waals surface area contributed by atoms with Crippen LogP contribution in [0, 0.1) is 11.8 Å². The molecule has 0 fully saturated rings. The predicted octanol–water partition coefficient (Wildman–Crippen LogP) is 6.95. The number of rotatable bonds is 7. The van der Waals surface area contributed by atoms with Gasteiger partial charge in [0, 0.05) is 12.0 Å². The first kappa shape index (κ1) is 19.7. The van der Waals surface area contributed by atoms with Crippen molar-refractivity contribution in [3.05, 3.63) is 78.9 Å². The van der Waals surface area contributed by atoms with E-state index in [1.165, 1.54) is 10.9 Å². The minimum absolute atomic E-state index is 0.508. The van der Waals surface area contributed by atoms with Gasteiger partial charge in [-0.15, -0.1) is 0 Å². The quantitative estimate of drug-likeness (QED) is 0.248. The molecule has 0 aliphatic rings. The number of fused-ring (bicyclic) bond motifs is 1. The van der Waals surface area contributed by atoms with E-state index in [2.05, 4.69) is 54.8 Å². The monoisotopic (exact) mass is 372 g/mol. The molecule has 3 aromatic rings. The van der Waals surface area contributed by atoms with E-state index < -0.39 is 6.17 Å². The largest absolute Gasteiger partial charge is 0.490 e. The zero-order chi connectivity index (χ0) is 19.8. The summed E-state index contributed by atoms with van der Waals surface area (Å²) in [6, 6.07) is 20.8. The molecular formula is C26H25FO. The predicted molar refractivity (Wildman–Crippen MR) is 116 cm³/mol.